The molecule has 3 nitrogen and oxygen atoms in total. The second-order valence-electron chi connectivity index (χ2n) is 23.5. The molecule has 2 atom stereocenters. The van der Waals surface area contributed by atoms with Crippen LogP contribution in [0.5, 0.6) is 11.5 Å². The van der Waals surface area contributed by atoms with Crippen molar-refractivity contribution in [1.29, 1.82) is 0 Å². The van der Waals surface area contributed by atoms with Gasteiger partial charge in [-0.2, -0.15) is 0 Å². The number of nitrogens with zero attached hydrogens (tertiary/aromatic N) is 1. The van der Waals surface area contributed by atoms with Crippen LogP contribution in [-0.2, 0) is 10.8 Å². The first-order valence-corrected chi connectivity index (χ1v) is 31.4. The van der Waals surface area contributed by atoms with E-state index in [1.807, 2.05) is 36.4 Å². The van der Waals surface area contributed by atoms with Crippen molar-refractivity contribution in [3.8, 4) is 56.0 Å². The van der Waals surface area contributed by atoms with Gasteiger partial charge in [-0.05, 0) is 187 Å². The molecule has 11 aromatic rings. The molecule has 0 aromatic heterocycles. The first-order chi connectivity index (χ1) is 43.0. The van der Waals surface area contributed by atoms with Crippen LogP contribution in [-0.4, -0.2) is 13.2 Å². The van der Waals surface area contributed by atoms with Crippen LogP contribution >= 0.6 is 0 Å². The molecule has 0 saturated carbocycles. The van der Waals surface area contributed by atoms with Gasteiger partial charge in [-0.3, -0.25) is 0 Å². The summed E-state index contributed by atoms with van der Waals surface area (Å²) in [6, 6.07) is 101. The van der Waals surface area contributed by atoms with Crippen LogP contribution in [0.3, 0.4) is 0 Å². The number of benzene rings is 11. The number of rotatable bonds is 25. The lowest BCUT2D eigenvalue weighted by Crippen LogP contribution is -2.27. The van der Waals surface area contributed by atoms with Gasteiger partial charge in [0.1, 0.15) is 11.5 Å². The second-order valence-corrected chi connectivity index (χ2v) is 23.5. The van der Waals surface area contributed by atoms with Gasteiger partial charge in [0, 0.05) is 27.9 Å². The third-order valence-electron chi connectivity index (χ3n) is 18.4. The monoisotopic (exact) mass is 1130 g/mol. The lowest BCUT2D eigenvalue weighted by Gasteiger charge is -2.33. The van der Waals surface area contributed by atoms with E-state index in [2.05, 4.69) is 267 Å². The summed E-state index contributed by atoms with van der Waals surface area (Å²) in [5, 5.41) is 0. The Morgan fingerprint density at radius 1 is 0.299 bits per heavy atom. The molecule has 2 aliphatic carbocycles. The molecule has 0 radical (unpaired) electrons. The number of para-hydroxylation sites is 1. The molecule has 0 fully saturated rings. The zero-order valence-electron chi connectivity index (χ0n) is 49.8. The molecule has 87 heavy (non-hydrogen) atoms. The number of hydrogen-bond acceptors (Lipinski definition) is 3. The van der Waals surface area contributed by atoms with E-state index in [-0.39, 0.29) is 10.8 Å². The summed E-state index contributed by atoms with van der Waals surface area (Å²) in [7, 11) is 0. The van der Waals surface area contributed by atoms with Gasteiger partial charge in [0.05, 0.1) is 13.2 Å². The smallest absolute Gasteiger partial charge is 0.119 e. The molecule has 0 heterocycles. The molecular formula is C84H75NO2. The van der Waals surface area contributed by atoms with Crippen molar-refractivity contribution in [1.82, 2.24) is 0 Å². The average Bonchev–Trinajstić information content (AvgIpc) is 1.65. The molecule has 0 N–H and O–H groups in total. The summed E-state index contributed by atoms with van der Waals surface area (Å²) in [5.41, 5.74) is 23.5. The Kier molecular flexibility index (Phi) is 16.8. The topological polar surface area (TPSA) is 21.7 Å². The van der Waals surface area contributed by atoms with Crippen molar-refractivity contribution >= 4 is 29.2 Å². The summed E-state index contributed by atoms with van der Waals surface area (Å²) in [6.45, 7) is 9.20. The van der Waals surface area contributed by atoms with E-state index >= 15 is 0 Å². The van der Waals surface area contributed by atoms with E-state index in [0.29, 0.717) is 0 Å². The molecule has 428 valence electrons. The summed E-state index contributed by atoms with van der Waals surface area (Å²) in [5.74, 6) is 1.83. The predicted molar refractivity (Wildman–Crippen MR) is 366 cm³/mol. The number of ether oxygens (including phenoxy) is 2. The molecule has 2 unspecified atom stereocenters. The van der Waals surface area contributed by atoms with Crippen LogP contribution in [0, 0.1) is 0 Å². The van der Waals surface area contributed by atoms with E-state index in [1.165, 1.54) is 77.9 Å². The minimum absolute atomic E-state index is 0.268. The van der Waals surface area contributed by atoms with Gasteiger partial charge in [-0.15, -0.1) is 0 Å². The van der Waals surface area contributed by atoms with Crippen molar-refractivity contribution in [3.05, 3.63) is 331 Å². The molecule has 0 spiro atoms. The fourth-order valence-electron chi connectivity index (χ4n) is 14.1. The van der Waals surface area contributed by atoms with Gasteiger partial charge in [-0.25, -0.2) is 0 Å². The molecule has 0 saturated heterocycles. The van der Waals surface area contributed by atoms with Gasteiger partial charge in [0.15, 0.2) is 0 Å². The Labute approximate surface area is 515 Å². The van der Waals surface area contributed by atoms with Gasteiger partial charge in [0.25, 0.3) is 0 Å². The highest BCUT2D eigenvalue weighted by Gasteiger charge is 2.45. The molecular weight excluding hydrogens is 1050 g/mol. The minimum Gasteiger partial charge on any atom is -0.494 e. The van der Waals surface area contributed by atoms with E-state index in [0.717, 1.165) is 117 Å². The zero-order valence-corrected chi connectivity index (χ0v) is 49.8. The third kappa shape index (κ3) is 11.4. The van der Waals surface area contributed by atoms with Crippen molar-refractivity contribution < 1.29 is 9.47 Å². The molecule has 0 amide bonds. The van der Waals surface area contributed by atoms with E-state index < -0.39 is 0 Å². The highest BCUT2D eigenvalue weighted by molar-refractivity contribution is 5.88. The maximum Gasteiger partial charge on any atom is 0.119 e. The summed E-state index contributed by atoms with van der Waals surface area (Å²) in [6.07, 6.45) is 14.6. The van der Waals surface area contributed by atoms with E-state index in [9.17, 15) is 0 Å². The summed E-state index contributed by atoms with van der Waals surface area (Å²) >= 11 is 0. The predicted octanol–water partition coefficient (Wildman–Crippen LogP) is 22.5. The molecule has 2 aliphatic rings. The van der Waals surface area contributed by atoms with Crippen molar-refractivity contribution in [3.63, 3.8) is 0 Å². The largest absolute Gasteiger partial charge is 0.494 e. The first-order valence-electron chi connectivity index (χ1n) is 31.4. The molecule has 3 heteroatoms. The van der Waals surface area contributed by atoms with Gasteiger partial charge >= 0.3 is 0 Å². The van der Waals surface area contributed by atoms with Crippen molar-refractivity contribution in [2.24, 2.45) is 0 Å². The number of anilines is 3. The Bertz CT molecular complexity index is 3860. The van der Waals surface area contributed by atoms with E-state index in [1.54, 1.807) is 0 Å². The fraction of sp³-hybridized carbons (Fsp3) is 0.167. The highest BCUT2D eigenvalue weighted by Crippen LogP contribution is 2.58. The number of unbranched alkanes of at least 4 members (excludes halogenated alkanes) is 6. The molecule has 11 aromatic carbocycles. The van der Waals surface area contributed by atoms with Crippen LogP contribution < -0.4 is 14.4 Å². The van der Waals surface area contributed by atoms with Gasteiger partial charge in [0.2, 0.25) is 0 Å². The number of hydrogen-bond donors (Lipinski definition) is 0. The third-order valence-corrected chi connectivity index (χ3v) is 18.4. The maximum atomic E-state index is 6.13. The Morgan fingerprint density at radius 2 is 0.644 bits per heavy atom. The lowest BCUT2D eigenvalue weighted by atomic mass is 9.69. The zero-order chi connectivity index (χ0) is 58.8. The van der Waals surface area contributed by atoms with Crippen LogP contribution in [0.4, 0.5) is 17.1 Å². The minimum atomic E-state index is -0.268. The van der Waals surface area contributed by atoms with E-state index in [4.69, 9.17) is 9.47 Å². The Balaban J connectivity index is 0.754. The number of fused-ring (bicyclic) bond motifs is 6. The first kappa shape index (κ1) is 56.4. The average molecular weight is 1130 g/mol. The van der Waals surface area contributed by atoms with Crippen LogP contribution in [0.25, 0.3) is 56.7 Å². The quantitative estimate of drug-likeness (QED) is 0.0533. The normalized spacial score (nSPS) is 15.2. The van der Waals surface area contributed by atoms with Crippen LogP contribution in [0.2, 0.25) is 0 Å². The van der Waals surface area contributed by atoms with Crippen LogP contribution in [0.15, 0.2) is 286 Å². The van der Waals surface area contributed by atoms with Crippen LogP contribution in [0.1, 0.15) is 109 Å². The standard InChI is InChI=1S/C84H75NO2/c1-3-62-36-50-73(51-37-62)86-58-24-7-5-22-56-83(68-26-12-9-13-27-68)79-34-20-18-32-75(79)77-54-44-66(60-81(77)83)64-40-46-71(47-41-64)85(70-30-16-11-17-31-70)72-48-42-65(43-49-72)67-45-55-78-76-33-19-21-35-80(76)84(82(78)61-67,69-28-14-10-15-29-69)57-23-6-8-25-59-87-74-52-38-63(4-2)39-53-74/h3-4,9-21,26-55,60-61H,1-2,5-8,22-25,56-59H2. The molecule has 0 aliphatic heterocycles. The lowest BCUT2D eigenvalue weighted by molar-refractivity contribution is 0.303. The Morgan fingerprint density at radius 3 is 1.06 bits per heavy atom. The Hall–Kier alpha value is -9.70. The SMILES string of the molecule is C=Cc1ccc(OCCCCCCC2(c3ccccc3)c3ccccc3-c3ccc(-c4ccc(N(c5ccccc5)c5ccc(-c6ccc7c(c6)C(CCCCCCOc6ccc(C=C)cc6)(c6ccccc6)c6ccccc6-7)cc5)cc4)cc32)cc1. The maximum absolute atomic E-state index is 6.13. The van der Waals surface area contributed by atoms with Gasteiger partial charge in [-0.1, -0.05) is 264 Å². The second kappa shape index (κ2) is 25.9. The molecule has 0 bridgehead atoms. The summed E-state index contributed by atoms with van der Waals surface area (Å²) < 4.78 is 12.3. The highest BCUT2D eigenvalue weighted by atomic mass is 16.5. The summed E-state index contributed by atoms with van der Waals surface area (Å²) in [4.78, 5) is 2.38. The van der Waals surface area contributed by atoms with Crippen molar-refractivity contribution in [2.45, 2.75) is 75.0 Å². The fourth-order valence-corrected chi connectivity index (χ4v) is 14.1. The van der Waals surface area contributed by atoms with Crippen molar-refractivity contribution in [2.75, 3.05) is 18.1 Å². The van der Waals surface area contributed by atoms with Gasteiger partial charge < -0.3 is 14.4 Å². The molecule has 13 rings (SSSR count).